The maximum atomic E-state index is 10.6. The lowest BCUT2D eigenvalue weighted by Crippen LogP contribution is -2.18. The van der Waals surface area contributed by atoms with E-state index in [0.29, 0.717) is 11.3 Å². The van der Waals surface area contributed by atoms with E-state index in [2.05, 4.69) is 11.1 Å². The van der Waals surface area contributed by atoms with Gasteiger partial charge in [-0.05, 0) is 26.0 Å². The first-order valence-electron chi connectivity index (χ1n) is 3.94. The predicted molar refractivity (Wildman–Crippen MR) is 48.3 cm³/mol. The van der Waals surface area contributed by atoms with Crippen LogP contribution in [0.5, 0.6) is 0 Å². The van der Waals surface area contributed by atoms with E-state index >= 15 is 0 Å². The molecule has 0 atom stereocenters. The highest BCUT2D eigenvalue weighted by molar-refractivity contribution is 5.77. The van der Waals surface area contributed by atoms with Gasteiger partial charge in [-0.2, -0.15) is 5.26 Å². The fourth-order valence-electron chi connectivity index (χ4n) is 1.09. The van der Waals surface area contributed by atoms with Crippen molar-refractivity contribution in [3.05, 3.63) is 29.6 Å². The summed E-state index contributed by atoms with van der Waals surface area (Å²) >= 11 is 0. The molecule has 1 rings (SSSR count). The summed E-state index contributed by atoms with van der Waals surface area (Å²) in [7, 11) is 0. The van der Waals surface area contributed by atoms with Crippen LogP contribution in [-0.4, -0.2) is 11.3 Å². The first-order chi connectivity index (χ1) is 6.11. The van der Waals surface area contributed by atoms with Crippen LogP contribution in [0.2, 0.25) is 0 Å². The van der Waals surface area contributed by atoms with E-state index in [1.165, 1.54) is 0 Å². The fraction of sp³-hybridized carbons (Fsp3) is 0.300. The molecule has 1 aromatic heterocycles. The van der Waals surface area contributed by atoms with Gasteiger partial charge in [0, 0.05) is 11.8 Å². The molecule has 0 fully saturated rings. The zero-order chi connectivity index (χ0) is 9.90. The number of hydrogen-bond acceptors (Lipinski definition) is 3. The van der Waals surface area contributed by atoms with Crippen molar-refractivity contribution in [2.45, 2.75) is 19.3 Å². The van der Waals surface area contributed by atoms with Crippen molar-refractivity contribution >= 4 is 6.29 Å². The summed E-state index contributed by atoms with van der Waals surface area (Å²) in [4.78, 5) is 14.7. The Morgan fingerprint density at radius 2 is 2.31 bits per heavy atom. The van der Waals surface area contributed by atoms with E-state index in [1.54, 1.807) is 32.2 Å². The highest BCUT2D eigenvalue weighted by atomic mass is 16.1. The summed E-state index contributed by atoms with van der Waals surface area (Å²) in [6.45, 7) is 3.48. The number of hydrogen-bond donors (Lipinski definition) is 0. The quantitative estimate of drug-likeness (QED) is 0.641. The van der Waals surface area contributed by atoms with Gasteiger partial charge in [0.05, 0.1) is 17.2 Å². The SMILES string of the molecule is CC(C)(C#N)c1ncccc1C=O. The third kappa shape index (κ3) is 1.73. The largest absolute Gasteiger partial charge is 0.298 e. The molecule has 3 heteroatoms. The third-order valence-corrected chi connectivity index (χ3v) is 1.84. The summed E-state index contributed by atoms with van der Waals surface area (Å²) in [5.41, 5.74) is 0.305. The number of carbonyl (C=O) groups is 1. The Morgan fingerprint density at radius 1 is 1.62 bits per heavy atom. The Kier molecular flexibility index (Phi) is 2.43. The first kappa shape index (κ1) is 9.40. The summed E-state index contributed by atoms with van der Waals surface area (Å²) in [6, 6.07) is 5.45. The molecule has 0 unspecified atom stereocenters. The van der Waals surface area contributed by atoms with Crippen molar-refractivity contribution in [3.63, 3.8) is 0 Å². The summed E-state index contributed by atoms with van der Waals surface area (Å²) in [5, 5.41) is 8.86. The number of carbonyl (C=O) groups excluding carboxylic acids is 1. The Bertz CT molecular complexity index is 363. The van der Waals surface area contributed by atoms with E-state index in [9.17, 15) is 4.79 Å². The van der Waals surface area contributed by atoms with Gasteiger partial charge >= 0.3 is 0 Å². The molecule has 3 nitrogen and oxygen atoms in total. The molecule has 1 aromatic rings. The van der Waals surface area contributed by atoms with Crippen molar-refractivity contribution in [1.29, 1.82) is 5.26 Å². The molecule has 0 N–H and O–H groups in total. The zero-order valence-corrected chi connectivity index (χ0v) is 7.61. The van der Waals surface area contributed by atoms with Gasteiger partial charge in [-0.1, -0.05) is 0 Å². The number of nitriles is 1. The molecule has 0 radical (unpaired) electrons. The molecule has 0 saturated heterocycles. The number of nitrogens with zero attached hydrogens (tertiary/aromatic N) is 2. The minimum Gasteiger partial charge on any atom is -0.298 e. The maximum absolute atomic E-state index is 10.6. The van der Waals surface area contributed by atoms with Gasteiger partial charge in [-0.15, -0.1) is 0 Å². The molecule has 0 spiro atoms. The van der Waals surface area contributed by atoms with Crippen molar-refractivity contribution in [3.8, 4) is 6.07 Å². The lowest BCUT2D eigenvalue weighted by molar-refractivity contribution is 0.112. The average molecular weight is 174 g/mol. The molecule has 0 aliphatic heterocycles. The molecule has 0 aromatic carbocycles. The van der Waals surface area contributed by atoms with Gasteiger partial charge in [0.15, 0.2) is 6.29 Å². The Labute approximate surface area is 77.0 Å². The third-order valence-electron chi connectivity index (χ3n) is 1.84. The van der Waals surface area contributed by atoms with E-state index in [1.807, 2.05) is 0 Å². The van der Waals surface area contributed by atoms with Gasteiger partial charge in [0.25, 0.3) is 0 Å². The highest BCUT2D eigenvalue weighted by Gasteiger charge is 2.24. The number of aromatic nitrogens is 1. The molecule has 13 heavy (non-hydrogen) atoms. The van der Waals surface area contributed by atoms with Crippen LogP contribution in [0.15, 0.2) is 18.3 Å². The number of aldehydes is 1. The van der Waals surface area contributed by atoms with Crippen LogP contribution in [0, 0.1) is 11.3 Å². The van der Waals surface area contributed by atoms with Gasteiger partial charge in [0.1, 0.15) is 0 Å². The van der Waals surface area contributed by atoms with E-state index in [-0.39, 0.29) is 0 Å². The Hall–Kier alpha value is -1.69. The molecule has 0 aliphatic rings. The lowest BCUT2D eigenvalue weighted by atomic mass is 9.88. The summed E-state index contributed by atoms with van der Waals surface area (Å²) < 4.78 is 0. The average Bonchev–Trinajstić information content (AvgIpc) is 2.18. The molecule has 0 saturated carbocycles. The minimum absolute atomic E-state index is 0.481. The van der Waals surface area contributed by atoms with Crippen LogP contribution in [-0.2, 0) is 5.41 Å². The molecule has 66 valence electrons. The molecular weight excluding hydrogens is 164 g/mol. The summed E-state index contributed by atoms with van der Waals surface area (Å²) in [6.07, 6.45) is 2.31. The first-order valence-corrected chi connectivity index (χ1v) is 3.94. The van der Waals surface area contributed by atoms with Crippen LogP contribution in [0.1, 0.15) is 29.9 Å². The van der Waals surface area contributed by atoms with Crippen LogP contribution < -0.4 is 0 Å². The predicted octanol–water partition coefficient (Wildman–Crippen LogP) is 1.70. The van der Waals surface area contributed by atoms with Crippen molar-refractivity contribution in [2.24, 2.45) is 0 Å². The highest BCUT2D eigenvalue weighted by Crippen LogP contribution is 2.21. The molecule has 0 aliphatic carbocycles. The van der Waals surface area contributed by atoms with E-state index in [0.717, 1.165) is 6.29 Å². The Morgan fingerprint density at radius 3 is 2.85 bits per heavy atom. The second-order valence-electron chi connectivity index (χ2n) is 3.30. The van der Waals surface area contributed by atoms with Crippen molar-refractivity contribution in [2.75, 3.05) is 0 Å². The lowest BCUT2D eigenvalue weighted by Gasteiger charge is -2.15. The number of pyridine rings is 1. The van der Waals surface area contributed by atoms with Gasteiger partial charge in [-0.25, -0.2) is 0 Å². The summed E-state index contributed by atoms with van der Waals surface area (Å²) in [5.74, 6) is 0. The maximum Gasteiger partial charge on any atom is 0.151 e. The van der Waals surface area contributed by atoms with Gasteiger partial charge < -0.3 is 0 Å². The monoisotopic (exact) mass is 174 g/mol. The van der Waals surface area contributed by atoms with Crippen LogP contribution in [0.25, 0.3) is 0 Å². The second kappa shape index (κ2) is 3.36. The Balaban J connectivity index is 3.30. The van der Waals surface area contributed by atoms with Crippen molar-refractivity contribution < 1.29 is 4.79 Å². The standard InChI is InChI=1S/C10H10N2O/c1-10(2,7-11)9-8(6-13)4-3-5-12-9/h3-6H,1-2H3. The van der Waals surface area contributed by atoms with Crippen LogP contribution in [0.4, 0.5) is 0 Å². The molecular formula is C10H10N2O. The van der Waals surface area contributed by atoms with Gasteiger partial charge in [-0.3, -0.25) is 9.78 Å². The normalized spacial score (nSPS) is 10.5. The topological polar surface area (TPSA) is 53.8 Å². The second-order valence-corrected chi connectivity index (χ2v) is 3.30. The molecule has 1 heterocycles. The zero-order valence-electron chi connectivity index (χ0n) is 7.61. The minimum atomic E-state index is -0.711. The number of rotatable bonds is 2. The van der Waals surface area contributed by atoms with Crippen LogP contribution >= 0.6 is 0 Å². The smallest absolute Gasteiger partial charge is 0.151 e. The van der Waals surface area contributed by atoms with Gasteiger partial charge in [0.2, 0.25) is 0 Å². The van der Waals surface area contributed by atoms with Crippen molar-refractivity contribution in [1.82, 2.24) is 4.98 Å². The van der Waals surface area contributed by atoms with E-state index in [4.69, 9.17) is 5.26 Å². The molecule has 0 amide bonds. The fourth-order valence-corrected chi connectivity index (χ4v) is 1.09. The molecule has 0 bridgehead atoms. The van der Waals surface area contributed by atoms with E-state index < -0.39 is 5.41 Å². The van der Waals surface area contributed by atoms with Crippen LogP contribution in [0.3, 0.4) is 0 Å².